The number of fused-ring (bicyclic) bond motifs is 1. The molecule has 0 amide bonds. The van der Waals surface area contributed by atoms with Gasteiger partial charge in [0.1, 0.15) is 11.6 Å². The van der Waals surface area contributed by atoms with E-state index in [1.165, 1.54) is 12.1 Å². The lowest BCUT2D eigenvalue weighted by molar-refractivity contribution is -0.0185. The van der Waals surface area contributed by atoms with E-state index in [1.807, 2.05) is 6.07 Å². The Morgan fingerprint density at radius 1 is 1.26 bits per heavy atom. The highest BCUT2D eigenvalue weighted by Crippen LogP contribution is 2.30. The first-order valence-corrected chi connectivity index (χ1v) is 7.95. The number of aromatic nitrogens is 1. The number of aliphatic hydroxyl groups is 2. The minimum Gasteiger partial charge on any atom is -0.390 e. The molecule has 2 atom stereocenters. The van der Waals surface area contributed by atoms with Crippen molar-refractivity contribution in [1.82, 2.24) is 4.98 Å². The molecule has 1 fully saturated rings. The molecule has 6 heteroatoms. The summed E-state index contributed by atoms with van der Waals surface area (Å²) in [7, 11) is 0. The van der Waals surface area contributed by atoms with Crippen molar-refractivity contribution in [3.8, 4) is 0 Å². The van der Waals surface area contributed by atoms with Crippen LogP contribution in [0.3, 0.4) is 0 Å². The number of aliphatic hydroxyl groups excluding tert-OH is 2. The number of nitrogens with zero attached hydrogens (tertiary/aromatic N) is 2. The number of halogens is 1. The Bertz CT molecular complexity index is 674. The molecule has 124 valence electrons. The third-order valence-corrected chi connectivity index (χ3v) is 4.67. The van der Waals surface area contributed by atoms with Crippen molar-refractivity contribution in [3.63, 3.8) is 0 Å². The summed E-state index contributed by atoms with van der Waals surface area (Å²) in [4.78, 5) is 6.53. The molecule has 1 aliphatic rings. The van der Waals surface area contributed by atoms with E-state index >= 15 is 0 Å². The monoisotopic (exact) mass is 319 g/mol. The molecule has 5 nitrogen and oxygen atoms in total. The zero-order valence-electron chi connectivity index (χ0n) is 12.9. The molecule has 0 saturated carbocycles. The molecular weight excluding hydrogens is 297 g/mol. The summed E-state index contributed by atoms with van der Waals surface area (Å²) in [5.41, 5.74) is 5.41. The normalized spacial score (nSPS) is 19.0. The lowest BCUT2D eigenvalue weighted by atomic mass is 9.88. The van der Waals surface area contributed by atoms with Crippen molar-refractivity contribution in [2.45, 2.75) is 25.0 Å². The topological polar surface area (TPSA) is 82.6 Å². The molecule has 1 aromatic heterocycles. The number of rotatable bonds is 4. The Hall–Kier alpha value is -1.76. The molecule has 0 radical (unpaired) electrons. The van der Waals surface area contributed by atoms with Crippen LogP contribution in [0.1, 0.15) is 12.8 Å². The zero-order chi connectivity index (χ0) is 16.4. The van der Waals surface area contributed by atoms with Crippen molar-refractivity contribution >= 4 is 16.6 Å². The second-order valence-electron chi connectivity index (χ2n) is 6.12. The SMILES string of the molecule is NC[C@@H](O)C(O)C1CCN(c2nccc3ccc(F)cc23)CC1. The van der Waals surface area contributed by atoms with Gasteiger partial charge in [-0.3, -0.25) is 0 Å². The van der Waals surface area contributed by atoms with Crippen molar-refractivity contribution in [2.75, 3.05) is 24.5 Å². The number of piperidine rings is 1. The summed E-state index contributed by atoms with van der Waals surface area (Å²) >= 11 is 0. The van der Waals surface area contributed by atoms with Crippen LogP contribution >= 0.6 is 0 Å². The minimum atomic E-state index is -0.878. The molecule has 1 aromatic carbocycles. The van der Waals surface area contributed by atoms with E-state index in [0.29, 0.717) is 13.1 Å². The standard InChI is InChI=1S/C17H22FN3O2/c18-13-2-1-11-3-6-20-17(14(11)9-13)21-7-4-12(5-8-21)16(23)15(22)10-19/h1-3,6,9,12,15-16,22-23H,4-5,7-8,10,19H2/t15-,16?/m1/s1. The molecule has 1 unspecified atom stereocenters. The van der Waals surface area contributed by atoms with E-state index in [0.717, 1.165) is 29.4 Å². The number of hydrogen-bond acceptors (Lipinski definition) is 5. The number of pyridine rings is 1. The van der Waals surface area contributed by atoms with E-state index in [-0.39, 0.29) is 18.3 Å². The second-order valence-corrected chi connectivity index (χ2v) is 6.12. The Morgan fingerprint density at radius 3 is 2.70 bits per heavy atom. The Kier molecular flexibility index (Phi) is 4.75. The molecule has 0 bridgehead atoms. The molecule has 23 heavy (non-hydrogen) atoms. The van der Waals surface area contributed by atoms with E-state index < -0.39 is 12.2 Å². The van der Waals surface area contributed by atoms with Gasteiger partial charge >= 0.3 is 0 Å². The Morgan fingerprint density at radius 2 is 2.00 bits per heavy atom. The molecule has 2 heterocycles. The van der Waals surface area contributed by atoms with Crippen LogP contribution in [0.25, 0.3) is 10.8 Å². The van der Waals surface area contributed by atoms with Crippen LogP contribution in [-0.4, -0.2) is 47.0 Å². The van der Waals surface area contributed by atoms with Gasteiger partial charge in [0.25, 0.3) is 0 Å². The highest BCUT2D eigenvalue weighted by atomic mass is 19.1. The van der Waals surface area contributed by atoms with Gasteiger partial charge in [0, 0.05) is 31.2 Å². The van der Waals surface area contributed by atoms with Crippen LogP contribution in [0, 0.1) is 11.7 Å². The summed E-state index contributed by atoms with van der Waals surface area (Å²) < 4.78 is 13.6. The van der Waals surface area contributed by atoms with E-state index in [4.69, 9.17) is 5.73 Å². The first-order chi connectivity index (χ1) is 11.1. The van der Waals surface area contributed by atoms with Gasteiger partial charge in [-0.15, -0.1) is 0 Å². The second kappa shape index (κ2) is 6.78. The van der Waals surface area contributed by atoms with Gasteiger partial charge in [-0.25, -0.2) is 9.37 Å². The third-order valence-electron chi connectivity index (χ3n) is 4.67. The molecule has 1 saturated heterocycles. The van der Waals surface area contributed by atoms with Crippen LogP contribution in [0.4, 0.5) is 10.2 Å². The molecule has 0 aliphatic carbocycles. The highest BCUT2D eigenvalue weighted by Gasteiger charge is 2.30. The smallest absolute Gasteiger partial charge is 0.136 e. The van der Waals surface area contributed by atoms with Gasteiger partial charge in [0.2, 0.25) is 0 Å². The minimum absolute atomic E-state index is 0.0245. The quantitative estimate of drug-likeness (QED) is 0.790. The lowest BCUT2D eigenvalue weighted by Gasteiger charge is -2.36. The molecule has 1 aliphatic heterocycles. The van der Waals surface area contributed by atoms with Gasteiger partial charge in [-0.1, -0.05) is 6.07 Å². The predicted octanol–water partition coefficient (Wildman–Crippen LogP) is 1.27. The number of benzene rings is 1. The number of nitrogens with two attached hydrogens (primary N) is 1. The van der Waals surface area contributed by atoms with Crippen LogP contribution in [0.2, 0.25) is 0 Å². The summed E-state index contributed by atoms with van der Waals surface area (Å²) in [5, 5.41) is 21.5. The molecule has 3 rings (SSSR count). The fourth-order valence-corrected chi connectivity index (χ4v) is 3.28. The van der Waals surface area contributed by atoms with Crippen molar-refractivity contribution < 1.29 is 14.6 Å². The van der Waals surface area contributed by atoms with E-state index in [2.05, 4.69) is 9.88 Å². The first-order valence-electron chi connectivity index (χ1n) is 7.95. The fourth-order valence-electron chi connectivity index (χ4n) is 3.28. The Labute approximate surface area is 134 Å². The van der Waals surface area contributed by atoms with Gasteiger partial charge in [0.05, 0.1) is 12.2 Å². The third kappa shape index (κ3) is 3.29. The van der Waals surface area contributed by atoms with E-state index in [9.17, 15) is 14.6 Å². The van der Waals surface area contributed by atoms with Gasteiger partial charge in [-0.2, -0.15) is 0 Å². The van der Waals surface area contributed by atoms with Crippen LogP contribution < -0.4 is 10.6 Å². The van der Waals surface area contributed by atoms with Gasteiger partial charge in [-0.05, 0) is 42.3 Å². The summed E-state index contributed by atoms with van der Waals surface area (Å²) in [6.45, 7) is 1.48. The maximum absolute atomic E-state index is 13.6. The fraction of sp³-hybridized carbons (Fsp3) is 0.471. The lowest BCUT2D eigenvalue weighted by Crippen LogP contribution is -2.44. The summed E-state index contributed by atoms with van der Waals surface area (Å²) in [6, 6.07) is 6.58. The highest BCUT2D eigenvalue weighted by molar-refractivity contribution is 5.92. The summed E-state index contributed by atoms with van der Waals surface area (Å²) in [6.07, 6.45) is 1.54. The van der Waals surface area contributed by atoms with Crippen LogP contribution in [-0.2, 0) is 0 Å². The predicted molar refractivity (Wildman–Crippen MR) is 87.7 cm³/mol. The summed E-state index contributed by atoms with van der Waals surface area (Å²) in [5.74, 6) is 0.522. The maximum Gasteiger partial charge on any atom is 0.136 e. The van der Waals surface area contributed by atoms with Gasteiger partial charge < -0.3 is 20.8 Å². The van der Waals surface area contributed by atoms with Crippen LogP contribution in [0.15, 0.2) is 30.5 Å². The first kappa shape index (κ1) is 16.1. The molecule has 4 N–H and O–H groups in total. The Balaban J connectivity index is 1.77. The largest absolute Gasteiger partial charge is 0.390 e. The van der Waals surface area contributed by atoms with Crippen molar-refractivity contribution in [3.05, 3.63) is 36.3 Å². The van der Waals surface area contributed by atoms with Crippen LogP contribution in [0.5, 0.6) is 0 Å². The van der Waals surface area contributed by atoms with Gasteiger partial charge in [0.15, 0.2) is 0 Å². The molecule has 2 aromatic rings. The molecule has 0 spiro atoms. The average Bonchev–Trinajstić information content (AvgIpc) is 2.60. The number of hydrogen-bond donors (Lipinski definition) is 3. The maximum atomic E-state index is 13.6. The molecular formula is C17H22FN3O2. The zero-order valence-corrected chi connectivity index (χ0v) is 12.9. The van der Waals surface area contributed by atoms with E-state index in [1.54, 1.807) is 12.3 Å². The van der Waals surface area contributed by atoms with Crippen molar-refractivity contribution in [1.29, 1.82) is 0 Å². The number of anilines is 1. The average molecular weight is 319 g/mol. The van der Waals surface area contributed by atoms with Crippen molar-refractivity contribution in [2.24, 2.45) is 11.7 Å².